The topological polar surface area (TPSA) is 41.1 Å². The van der Waals surface area contributed by atoms with Gasteiger partial charge in [0.05, 0.1) is 18.1 Å². The fourth-order valence-corrected chi connectivity index (χ4v) is 1.82. The van der Waals surface area contributed by atoms with Gasteiger partial charge in [0, 0.05) is 19.6 Å². The van der Waals surface area contributed by atoms with Crippen molar-refractivity contribution in [2.24, 2.45) is 5.92 Å². The van der Waals surface area contributed by atoms with Gasteiger partial charge in [-0.1, -0.05) is 20.8 Å². The zero-order chi connectivity index (χ0) is 13.4. The molecule has 0 aromatic carbocycles. The van der Waals surface area contributed by atoms with Crippen LogP contribution < -0.4 is 10.2 Å². The molecule has 1 aromatic heterocycles. The summed E-state index contributed by atoms with van der Waals surface area (Å²) in [5, 5.41) is 3.33. The van der Waals surface area contributed by atoms with E-state index in [-0.39, 0.29) is 0 Å². The maximum Gasteiger partial charge on any atom is 0.147 e. The summed E-state index contributed by atoms with van der Waals surface area (Å²) in [6, 6.07) is 0. The molecule has 0 aliphatic rings. The molecule has 0 spiro atoms. The van der Waals surface area contributed by atoms with Crippen LogP contribution in [0.15, 0.2) is 12.4 Å². The van der Waals surface area contributed by atoms with Crippen molar-refractivity contribution in [1.29, 1.82) is 0 Å². The number of anilines is 1. The molecule has 102 valence electrons. The molecule has 4 heteroatoms. The van der Waals surface area contributed by atoms with Crippen LogP contribution in [0, 0.1) is 5.92 Å². The first-order valence-electron chi connectivity index (χ1n) is 6.93. The zero-order valence-corrected chi connectivity index (χ0v) is 12.1. The largest absolute Gasteiger partial charge is 0.355 e. The van der Waals surface area contributed by atoms with Crippen molar-refractivity contribution < 1.29 is 0 Å². The lowest BCUT2D eigenvalue weighted by molar-refractivity contribution is 0.612. The van der Waals surface area contributed by atoms with E-state index < -0.39 is 0 Å². The lowest BCUT2D eigenvalue weighted by Gasteiger charge is -2.23. The molecule has 0 aliphatic carbocycles. The number of aromatic nitrogens is 2. The Bertz CT molecular complexity index is 321. The SMILES string of the molecule is CCCNCc1cnc(N(CC)CC(C)C)cn1. The number of nitrogens with one attached hydrogen (secondary N) is 1. The zero-order valence-electron chi connectivity index (χ0n) is 12.1. The standard InChI is InChI=1S/C14H26N4/c1-5-7-15-8-13-9-17-14(10-16-13)18(6-2)11-12(3)4/h9-10,12,15H,5-8,11H2,1-4H3. The molecule has 1 rings (SSSR count). The van der Waals surface area contributed by atoms with Crippen molar-refractivity contribution in [1.82, 2.24) is 15.3 Å². The molecule has 0 fully saturated rings. The number of hydrogen-bond acceptors (Lipinski definition) is 4. The molecule has 18 heavy (non-hydrogen) atoms. The number of nitrogens with zero attached hydrogens (tertiary/aromatic N) is 3. The van der Waals surface area contributed by atoms with Crippen molar-refractivity contribution in [3.05, 3.63) is 18.1 Å². The predicted octanol–water partition coefficient (Wildman–Crippen LogP) is 2.46. The third-order valence-corrected chi connectivity index (χ3v) is 2.72. The minimum atomic E-state index is 0.637. The number of hydrogen-bond donors (Lipinski definition) is 1. The minimum Gasteiger partial charge on any atom is -0.355 e. The van der Waals surface area contributed by atoms with Crippen LogP contribution in [0.3, 0.4) is 0 Å². The van der Waals surface area contributed by atoms with E-state index in [9.17, 15) is 0 Å². The van der Waals surface area contributed by atoms with E-state index in [2.05, 4.69) is 47.9 Å². The molecule has 4 nitrogen and oxygen atoms in total. The van der Waals surface area contributed by atoms with Crippen molar-refractivity contribution >= 4 is 5.82 Å². The van der Waals surface area contributed by atoms with Crippen molar-refractivity contribution in [2.45, 2.75) is 40.7 Å². The Morgan fingerprint density at radius 3 is 2.50 bits per heavy atom. The predicted molar refractivity (Wildman–Crippen MR) is 76.8 cm³/mol. The Morgan fingerprint density at radius 1 is 1.22 bits per heavy atom. The Labute approximate surface area is 111 Å². The van der Waals surface area contributed by atoms with E-state index in [0.717, 1.165) is 44.1 Å². The molecular formula is C14H26N4. The molecule has 0 saturated carbocycles. The van der Waals surface area contributed by atoms with Crippen LogP contribution in [-0.4, -0.2) is 29.6 Å². The van der Waals surface area contributed by atoms with Crippen LogP contribution in [-0.2, 0) is 6.54 Å². The van der Waals surface area contributed by atoms with Gasteiger partial charge in [0.25, 0.3) is 0 Å². The highest BCUT2D eigenvalue weighted by atomic mass is 15.2. The molecular weight excluding hydrogens is 224 g/mol. The Kier molecular flexibility index (Phi) is 6.65. The van der Waals surface area contributed by atoms with Crippen molar-refractivity contribution in [2.75, 3.05) is 24.5 Å². The molecule has 1 N–H and O–H groups in total. The molecule has 1 heterocycles. The van der Waals surface area contributed by atoms with Crippen LogP contribution in [0.5, 0.6) is 0 Å². The lowest BCUT2D eigenvalue weighted by Crippen LogP contribution is -2.28. The van der Waals surface area contributed by atoms with Gasteiger partial charge in [-0.2, -0.15) is 0 Å². The molecule has 0 amide bonds. The molecule has 0 radical (unpaired) electrons. The first kappa shape index (κ1) is 14.9. The van der Waals surface area contributed by atoms with E-state index >= 15 is 0 Å². The van der Waals surface area contributed by atoms with Gasteiger partial charge in [-0.3, -0.25) is 4.98 Å². The average Bonchev–Trinajstić information content (AvgIpc) is 2.37. The molecule has 0 unspecified atom stereocenters. The fourth-order valence-electron chi connectivity index (χ4n) is 1.82. The summed E-state index contributed by atoms with van der Waals surface area (Å²) in [7, 11) is 0. The van der Waals surface area contributed by atoms with E-state index in [1.54, 1.807) is 0 Å². The van der Waals surface area contributed by atoms with E-state index in [1.807, 2.05) is 12.4 Å². The summed E-state index contributed by atoms with van der Waals surface area (Å²) >= 11 is 0. The molecule has 0 atom stereocenters. The second-order valence-electron chi connectivity index (χ2n) is 4.98. The van der Waals surface area contributed by atoms with Crippen LogP contribution in [0.2, 0.25) is 0 Å². The molecule has 0 aliphatic heterocycles. The smallest absolute Gasteiger partial charge is 0.147 e. The van der Waals surface area contributed by atoms with Gasteiger partial charge in [-0.15, -0.1) is 0 Å². The number of rotatable bonds is 8. The third kappa shape index (κ3) is 5.00. The summed E-state index contributed by atoms with van der Waals surface area (Å²) in [6.45, 7) is 12.6. The molecule has 0 saturated heterocycles. The fraction of sp³-hybridized carbons (Fsp3) is 0.714. The van der Waals surface area contributed by atoms with Crippen molar-refractivity contribution in [3.8, 4) is 0 Å². The Balaban J connectivity index is 2.57. The van der Waals surface area contributed by atoms with Crippen LogP contribution >= 0.6 is 0 Å². The summed E-state index contributed by atoms with van der Waals surface area (Å²) in [5.74, 6) is 1.61. The van der Waals surface area contributed by atoms with E-state index in [1.165, 1.54) is 0 Å². The van der Waals surface area contributed by atoms with Gasteiger partial charge in [-0.25, -0.2) is 4.98 Å². The minimum absolute atomic E-state index is 0.637. The summed E-state index contributed by atoms with van der Waals surface area (Å²) in [5.41, 5.74) is 1.01. The highest BCUT2D eigenvalue weighted by Gasteiger charge is 2.08. The van der Waals surface area contributed by atoms with Gasteiger partial charge in [0.15, 0.2) is 0 Å². The van der Waals surface area contributed by atoms with Gasteiger partial charge in [0.2, 0.25) is 0 Å². The maximum absolute atomic E-state index is 4.51. The summed E-state index contributed by atoms with van der Waals surface area (Å²) < 4.78 is 0. The first-order valence-corrected chi connectivity index (χ1v) is 6.93. The molecule has 0 bridgehead atoms. The Morgan fingerprint density at radius 2 is 2.00 bits per heavy atom. The quantitative estimate of drug-likeness (QED) is 0.720. The van der Waals surface area contributed by atoms with E-state index in [4.69, 9.17) is 0 Å². The second-order valence-corrected chi connectivity index (χ2v) is 4.98. The maximum atomic E-state index is 4.51. The summed E-state index contributed by atoms with van der Waals surface area (Å²) in [6.07, 6.45) is 4.90. The van der Waals surface area contributed by atoms with E-state index in [0.29, 0.717) is 5.92 Å². The third-order valence-electron chi connectivity index (χ3n) is 2.72. The lowest BCUT2D eigenvalue weighted by atomic mass is 10.2. The molecule has 1 aromatic rings. The van der Waals surface area contributed by atoms with Gasteiger partial charge in [-0.05, 0) is 25.8 Å². The second kappa shape index (κ2) is 8.03. The van der Waals surface area contributed by atoms with Crippen LogP contribution in [0.1, 0.15) is 39.8 Å². The van der Waals surface area contributed by atoms with Crippen LogP contribution in [0.4, 0.5) is 5.82 Å². The first-order chi connectivity index (χ1) is 8.67. The van der Waals surface area contributed by atoms with Gasteiger partial charge < -0.3 is 10.2 Å². The normalized spacial score (nSPS) is 10.9. The highest BCUT2D eigenvalue weighted by Crippen LogP contribution is 2.11. The van der Waals surface area contributed by atoms with Gasteiger partial charge in [0.1, 0.15) is 5.82 Å². The van der Waals surface area contributed by atoms with Crippen molar-refractivity contribution in [3.63, 3.8) is 0 Å². The van der Waals surface area contributed by atoms with Crippen LogP contribution in [0.25, 0.3) is 0 Å². The highest BCUT2D eigenvalue weighted by molar-refractivity contribution is 5.35. The average molecular weight is 250 g/mol. The summed E-state index contributed by atoms with van der Waals surface area (Å²) in [4.78, 5) is 11.2. The van der Waals surface area contributed by atoms with Gasteiger partial charge >= 0.3 is 0 Å². The Hall–Kier alpha value is -1.16. The monoisotopic (exact) mass is 250 g/mol.